The first-order valence-electron chi connectivity index (χ1n) is 13.9. The van der Waals surface area contributed by atoms with Gasteiger partial charge in [0.2, 0.25) is 0 Å². The summed E-state index contributed by atoms with van der Waals surface area (Å²) in [6, 6.07) is 24.1. The first kappa shape index (κ1) is 30.7. The molecule has 1 aliphatic heterocycles. The number of carbonyl (C=O) groups excluding carboxylic acids is 3. The molecule has 0 aromatic heterocycles. The molecule has 1 aliphatic rings. The minimum Gasteiger partial charge on any atom is -0.492 e. The van der Waals surface area contributed by atoms with Gasteiger partial charge in [-0.2, -0.15) is 0 Å². The molecule has 0 bridgehead atoms. The molecule has 1 heterocycles. The highest BCUT2D eigenvalue weighted by atomic mass is 16.7. The molecule has 3 aromatic rings. The molecule has 10 nitrogen and oxygen atoms in total. The quantitative estimate of drug-likeness (QED) is 0.253. The second-order valence-electron chi connectivity index (χ2n) is 10.1. The van der Waals surface area contributed by atoms with E-state index in [2.05, 4.69) is 15.7 Å². The maximum absolute atomic E-state index is 13.4. The Kier molecular flexibility index (Phi) is 10.7. The van der Waals surface area contributed by atoms with Gasteiger partial charge in [0.1, 0.15) is 12.4 Å². The van der Waals surface area contributed by atoms with Crippen molar-refractivity contribution < 1.29 is 28.7 Å². The molecule has 1 atom stereocenters. The summed E-state index contributed by atoms with van der Waals surface area (Å²) in [7, 11) is 2.83. The fraction of sp³-hybridized carbons (Fsp3) is 0.344. The van der Waals surface area contributed by atoms with Crippen LogP contribution < -0.4 is 15.5 Å². The van der Waals surface area contributed by atoms with Gasteiger partial charge in [-0.05, 0) is 47.9 Å². The highest BCUT2D eigenvalue weighted by Gasteiger charge is 2.47. The van der Waals surface area contributed by atoms with Crippen molar-refractivity contribution in [3.8, 4) is 16.9 Å². The van der Waals surface area contributed by atoms with E-state index in [1.165, 1.54) is 21.0 Å². The van der Waals surface area contributed by atoms with E-state index < -0.39 is 23.3 Å². The number of nitrogens with zero attached hydrogens (tertiary/aromatic N) is 2. The van der Waals surface area contributed by atoms with Gasteiger partial charge in [-0.1, -0.05) is 54.6 Å². The van der Waals surface area contributed by atoms with Gasteiger partial charge in [-0.3, -0.25) is 24.1 Å². The van der Waals surface area contributed by atoms with Gasteiger partial charge in [-0.25, -0.2) is 5.48 Å². The number of hydrogen-bond donors (Lipinski definition) is 2. The molecule has 1 unspecified atom stereocenters. The number of amides is 3. The van der Waals surface area contributed by atoms with Gasteiger partial charge in [0, 0.05) is 39.3 Å². The molecule has 1 fully saturated rings. The lowest BCUT2D eigenvalue weighted by Crippen LogP contribution is -2.64. The summed E-state index contributed by atoms with van der Waals surface area (Å²) in [5.74, 6) is -1.12. The molecule has 2 N–H and O–H groups in total. The highest BCUT2D eigenvalue weighted by Crippen LogP contribution is 2.24. The predicted octanol–water partition coefficient (Wildman–Crippen LogP) is 2.89. The average Bonchev–Trinajstić information content (AvgIpc) is 3.04. The molecule has 3 aromatic carbocycles. The third-order valence-corrected chi connectivity index (χ3v) is 7.43. The van der Waals surface area contributed by atoms with Crippen molar-refractivity contribution in [1.29, 1.82) is 0 Å². The van der Waals surface area contributed by atoms with Gasteiger partial charge >= 0.3 is 0 Å². The topological polar surface area (TPSA) is 109 Å². The molecule has 42 heavy (non-hydrogen) atoms. The summed E-state index contributed by atoms with van der Waals surface area (Å²) in [5, 5.41) is 2.48. The number of hydrogen-bond acceptors (Lipinski definition) is 7. The van der Waals surface area contributed by atoms with Crippen molar-refractivity contribution >= 4 is 17.7 Å². The van der Waals surface area contributed by atoms with Crippen LogP contribution >= 0.6 is 0 Å². The number of morpholine rings is 1. The highest BCUT2D eigenvalue weighted by molar-refractivity contribution is 6.12. The van der Waals surface area contributed by atoms with Crippen LogP contribution in [-0.2, 0) is 25.8 Å². The summed E-state index contributed by atoms with van der Waals surface area (Å²) in [4.78, 5) is 48.2. The molecule has 1 saturated heterocycles. The lowest BCUT2D eigenvalue weighted by atomic mass is 9.96. The van der Waals surface area contributed by atoms with Crippen LogP contribution in [0.3, 0.4) is 0 Å². The maximum atomic E-state index is 13.4. The van der Waals surface area contributed by atoms with E-state index in [4.69, 9.17) is 14.3 Å². The van der Waals surface area contributed by atoms with E-state index in [1.807, 2.05) is 66.7 Å². The number of nitrogens with one attached hydrogen (secondary N) is 2. The van der Waals surface area contributed by atoms with Gasteiger partial charge in [0.05, 0.1) is 19.8 Å². The van der Waals surface area contributed by atoms with Crippen molar-refractivity contribution in [3.63, 3.8) is 0 Å². The normalized spacial score (nSPS) is 14.8. The maximum Gasteiger partial charge on any atom is 0.279 e. The zero-order chi connectivity index (χ0) is 30.0. The number of benzene rings is 3. The lowest BCUT2D eigenvalue weighted by Gasteiger charge is -2.35. The molecule has 0 aliphatic carbocycles. The van der Waals surface area contributed by atoms with Gasteiger partial charge in [0.25, 0.3) is 17.7 Å². The average molecular weight is 575 g/mol. The van der Waals surface area contributed by atoms with Crippen molar-refractivity contribution in [2.45, 2.75) is 19.1 Å². The molecule has 0 spiro atoms. The van der Waals surface area contributed by atoms with Crippen LogP contribution in [0.4, 0.5) is 0 Å². The lowest BCUT2D eigenvalue weighted by molar-refractivity contribution is -0.152. The minimum absolute atomic E-state index is 0.108. The Balaban J connectivity index is 1.36. The third-order valence-electron chi connectivity index (χ3n) is 7.43. The zero-order valence-electron chi connectivity index (χ0n) is 24.3. The Morgan fingerprint density at radius 3 is 2.14 bits per heavy atom. The molecule has 222 valence electrons. The van der Waals surface area contributed by atoms with E-state index in [0.717, 1.165) is 60.2 Å². The number of carbonyl (C=O) groups is 3. The SMILES string of the molecule is CNC(=O)C(C)(C(=O)NOCc1ccccc1)N(C)C(=O)c1ccc(-c2ccc(OCCN3CCOCC3)cc2)cc1. The van der Waals surface area contributed by atoms with Crippen LogP contribution in [0.25, 0.3) is 11.1 Å². The van der Waals surface area contributed by atoms with Gasteiger partial charge in [0.15, 0.2) is 5.54 Å². The van der Waals surface area contributed by atoms with Crippen LogP contribution in [0.5, 0.6) is 5.75 Å². The zero-order valence-corrected chi connectivity index (χ0v) is 24.3. The Hall–Kier alpha value is -4.25. The van der Waals surface area contributed by atoms with Crippen LogP contribution in [-0.4, -0.2) is 86.6 Å². The fourth-order valence-corrected chi connectivity index (χ4v) is 4.57. The summed E-state index contributed by atoms with van der Waals surface area (Å²) in [6.45, 7) is 6.34. The molecule has 3 amide bonds. The molecular formula is C32H38N4O6. The Labute approximate surface area is 246 Å². The number of likely N-dealkylation sites (N-methyl/N-ethyl adjacent to an activating group) is 2. The number of ether oxygens (including phenoxy) is 2. The van der Waals surface area contributed by atoms with Crippen molar-refractivity contribution in [2.24, 2.45) is 0 Å². The summed E-state index contributed by atoms with van der Waals surface area (Å²) in [6.07, 6.45) is 0. The minimum atomic E-state index is -1.86. The summed E-state index contributed by atoms with van der Waals surface area (Å²) < 4.78 is 11.3. The Morgan fingerprint density at radius 1 is 0.905 bits per heavy atom. The molecule has 10 heteroatoms. The Morgan fingerprint density at radius 2 is 1.52 bits per heavy atom. The predicted molar refractivity (Wildman–Crippen MR) is 159 cm³/mol. The van der Waals surface area contributed by atoms with Crippen LogP contribution in [0.1, 0.15) is 22.8 Å². The van der Waals surface area contributed by atoms with E-state index in [0.29, 0.717) is 12.2 Å². The second kappa shape index (κ2) is 14.6. The monoisotopic (exact) mass is 574 g/mol. The van der Waals surface area contributed by atoms with Crippen molar-refractivity contribution in [3.05, 3.63) is 90.0 Å². The number of rotatable bonds is 12. The second-order valence-corrected chi connectivity index (χ2v) is 10.1. The van der Waals surface area contributed by atoms with Crippen LogP contribution in [0.15, 0.2) is 78.9 Å². The molecule has 4 rings (SSSR count). The van der Waals surface area contributed by atoms with E-state index in [9.17, 15) is 14.4 Å². The molecule has 0 radical (unpaired) electrons. The summed E-state index contributed by atoms with van der Waals surface area (Å²) >= 11 is 0. The van der Waals surface area contributed by atoms with Crippen molar-refractivity contribution in [1.82, 2.24) is 20.6 Å². The van der Waals surface area contributed by atoms with E-state index in [1.54, 1.807) is 12.1 Å². The smallest absolute Gasteiger partial charge is 0.279 e. The summed E-state index contributed by atoms with van der Waals surface area (Å²) in [5.41, 5.74) is 3.52. The largest absolute Gasteiger partial charge is 0.492 e. The van der Waals surface area contributed by atoms with Crippen LogP contribution in [0, 0.1) is 0 Å². The van der Waals surface area contributed by atoms with E-state index in [-0.39, 0.29) is 6.61 Å². The standard InChI is InChI=1S/C32H38N4O6/c1-32(30(38)33-2,31(39)34-42-23-24-7-5-4-6-8-24)35(3)29(37)27-11-9-25(10-12-27)26-13-15-28(16-14-26)41-22-19-36-17-20-40-21-18-36/h4-16H,17-23H2,1-3H3,(H,33,38)(H,34,39). The fourth-order valence-electron chi connectivity index (χ4n) is 4.57. The number of hydroxylamine groups is 1. The van der Waals surface area contributed by atoms with Gasteiger partial charge < -0.3 is 19.7 Å². The van der Waals surface area contributed by atoms with Crippen LogP contribution in [0.2, 0.25) is 0 Å². The first-order chi connectivity index (χ1) is 20.3. The third kappa shape index (κ3) is 7.52. The first-order valence-corrected chi connectivity index (χ1v) is 13.9. The van der Waals surface area contributed by atoms with Gasteiger partial charge in [-0.15, -0.1) is 0 Å². The van der Waals surface area contributed by atoms with E-state index >= 15 is 0 Å². The molecular weight excluding hydrogens is 536 g/mol. The Bertz CT molecular complexity index is 1330. The molecule has 0 saturated carbocycles. The van der Waals surface area contributed by atoms with Crippen molar-refractivity contribution in [2.75, 3.05) is 53.6 Å².